The Morgan fingerprint density at radius 2 is 2.04 bits per heavy atom. The fourth-order valence-corrected chi connectivity index (χ4v) is 4.28. The predicted molar refractivity (Wildman–Crippen MR) is 105 cm³/mol. The molecule has 4 rings (SSSR count). The first-order valence-corrected chi connectivity index (χ1v) is 9.41. The third-order valence-electron chi connectivity index (χ3n) is 4.51. The van der Waals surface area contributed by atoms with Crippen molar-refractivity contribution in [2.24, 2.45) is 0 Å². The van der Waals surface area contributed by atoms with Crippen molar-refractivity contribution in [3.63, 3.8) is 0 Å². The lowest BCUT2D eigenvalue weighted by Crippen LogP contribution is -3.00. The smallest absolute Gasteiger partial charge is 0.262 e. The molecule has 1 aromatic heterocycles. The summed E-state index contributed by atoms with van der Waals surface area (Å²) >= 11 is 1.66. The number of rotatable bonds is 3. The van der Waals surface area contributed by atoms with Crippen molar-refractivity contribution in [3.05, 3.63) is 70.8 Å². The quantitative estimate of drug-likeness (QED) is 0.623. The number of thiazole rings is 1. The number of anilines is 1. The minimum atomic E-state index is -0.204. The Bertz CT molecular complexity index is 1060. The molecule has 0 spiro atoms. The number of aryl methyl sites for hydroxylation is 2. The van der Waals surface area contributed by atoms with Gasteiger partial charge in [0, 0.05) is 19.2 Å². The predicted octanol–water partition coefficient (Wildman–Crippen LogP) is 2.04. The van der Waals surface area contributed by atoms with Gasteiger partial charge >= 0.3 is 0 Å². The van der Waals surface area contributed by atoms with Gasteiger partial charge in [-0.25, -0.2) is 4.39 Å². The van der Waals surface area contributed by atoms with Gasteiger partial charge in [0.2, 0.25) is 5.52 Å². The van der Waals surface area contributed by atoms with Crippen LogP contribution in [0, 0.1) is 12.7 Å². The molecule has 0 amide bonds. The van der Waals surface area contributed by atoms with Crippen LogP contribution in [0.5, 0.6) is 5.75 Å². The topological polar surface area (TPSA) is 16.4 Å². The molecule has 3 nitrogen and oxygen atoms in total. The molecule has 2 aromatic carbocycles. The normalized spacial score (nSPS) is 14.7. The highest BCUT2D eigenvalue weighted by Crippen LogP contribution is 2.38. The summed E-state index contributed by atoms with van der Waals surface area (Å²) in [6.45, 7) is 4.93. The van der Waals surface area contributed by atoms with Gasteiger partial charge in [0.25, 0.3) is 5.01 Å². The van der Waals surface area contributed by atoms with Crippen LogP contribution in [0.25, 0.3) is 16.3 Å². The van der Waals surface area contributed by atoms with Crippen LogP contribution in [0.4, 0.5) is 10.1 Å². The van der Waals surface area contributed by atoms with Crippen molar-refractivity contribution in [3.8, 4) is 5.75 Å². The van der Waals surface area contributed by atoms with Crippen LogP contribution in [0.1, 0.15) is 17.5 Å². The van der Waals surface area contributed by atoms with Crippen molar-refractivity contribution < 1.29 is 26.1 Å². The lowest BCUT2D eigenvalue weighted by molar-refractivity contribution is -0.665. The number of benzene rings is 2. The van der Waals surface area contributed by atoms with Crippen LogP contribution in [0.3, 0.4) is 0 Å². The third kappa shape index (κ3) is 3.57. The number of hydrogen-bond donors (Lipinski definition) is 0. The number of ether oxygens (including phenoxy) is 1. The van der Waals surface area contributed by atoms with Crippen LogP contribution < -0.4 is 26.6 Å². The van der Waals surface area contributed by atoms with Gasteiger partial charge in [-0.15, -0.1) is 0 Å². The molecule has 0 aliphatic carbocycles. The summed E-state index contributed by atoms with van der Waals surface area (Å²) < 4.78 is 22.7. The SMILES string of the molecule is CC[n+]1c(/C=C/C=C2\Oc3ccc(C)cc3N2C)sc2ccc(F)cc21.[Cl-]. The van der Waals surface area contributed by atoms with E-state index in [2.05, 4.69) is 24.5 Å². The van der Waals surface area contributed by atoms with Crippen LogP contribution >= 0.6 is 11.3 Å². The van der Waals surface area contributed by atoms with Crippen LogP contribution in [0.2, 0.25) is 0 Å². The highest BCUT2D eigenvalue weighted by molar-refractivity contribution is 7.18. The van der Waals surface area contributed by atoms with Gasteiger partial charge in [-0.2, -0.15) is 4.57 Å². The van der Waals surface area contributed by atoms with E-state index in [4.69, 9.17) is 4.74 Å². The maximum atomic E-state index is 13.6. The first-order valence-electron chi connectivity index (χ1n) is 8.59. The number of halogens is 2. The van der Waals surface area contributed by atoms with E-state index < -0.39 is 0 Å². The third-order valence-corrected chi connectivity index (χ3v) is 5.64. The molecule has 3 aromatic rings. The highest BCUT2D eigenvalue weighted by atomic mass is 35.5. The maximum absolute atomic E-state index is 13.6. The number of nitrogens with zero attached hydrogens (tertiary/aromatic N) is 2. The highest BCUT2D eigenvalue weighted by Gasteiger charge is 2.22. The van der Waals surface area contributed by atoms with E-state index in [-0.39, 0.29) is 18.2 Å². The number of fused-ring (bicyclic) bond motifs is 2. The van der Waals surface area contributed by atoms with Crippen molar-refractivity contribution in [1.29, 1.82) is 0 Å². The van der Waals surface area contributed by atoms with Crippen molar-refractivity contribution in [2.75, 3.05) is 11.9 Å². The molecule has 0 saturated carbocycles. The minimum Gasteiger partial charge on any atom is -1.00 e. The Hall–Kier alpha value is -2.37. The van der Waals surface area contributed by atoms with Crippen molar-refractivity contribution in [2.45, 2.75) is 20.4 Å². The largest absolute Gasteiger partial charge is 1.00 e. The Morgan fingerprint density at radius 1 is 1.22 bits per heavy atom. The second-order valence-corrected chi connectivity index (χ2v) is 7.36. The van der Waals surface area contributed by atoms with E-state index in [1.807, 2.05) is 48.4 Å². The van der Waals surface area contributed by atoms with Crippen molar-refractivity contribution >= 4 is 33.3 Å². The molecule has 140 valence electrons. The number of aromatic nitrogens is 1. The van der Waals surface area contributed by atoms with Crippen LogP contribution in [0.15, 0.2) is 54.4 Å². The summed E-state index contributed by atoms with van der Waals surface area (Å²) in [7, 11) is 2.00. The van der Waals surface area contributed by atoms with Gasteiger partial charge in [-0.05, 0) is 55.8 Å². The molecule has 6 heteroatoms. The Morgan fingerprint density at radius 3 is 2.81 bits per heavy atom. The fourth-order valence-electron chi connectivity index (χ4n) is 3.16. The number of hydrogen-bond acceptors (Lipinski definition) is 3. The molecular formula is C21H20ClFN2OS. The molecular weight excluding hydrogens is 383 g/mol. The van der Waals surface area contributed by atoms with Gasteiger partial charge in [-0.3, -0.25) is 0 Å². The molecule has 2 heterocycles. The van der Waals surface area contributed by atoms with Gasteiger partial charge in [-0.1, -0.05) is 17.4 Å². The summed E-state index contributed by atoms with van der Waals surface area (Å²) in [5.74, 6) is 1.46. The van der Waals surface area contributed by atoms with Crippen LogP contribution in [-0.4, -0.2) is 7.05 Å². The second kappa shape index (κ2) is 7.71. The average molecular weight is 403 g/mol. The molecule has 0 fully saturated rings. The van der Waals surface area contributed by atoms with E-state index >= 15 is 0 Å². The summed E-state index contributed by atoms with van der Waals surface area (Å²) in [5.41, 5.74) is 3.21. The average Bonchev–Trinajstić information content (AvgIpc) is 3.12. The molecule has 0 radical (unpaired) electrons. The second-order valence-electron chi connectivity index (χ2n) is 6.29. The van der Waals surface area contributed by atoms with Gasteiger partial charge in [0.15, 0.2) is 11.6 Å². The van der Waals surface area contributed by atoms with Gasteiger partial charge < -0.3 is 22.0 Å². The van der Waals surface area contributed by atoms with E-state index in [0.29, 0.717) is 0 Å². The van der Waals surface area contributed by atoms with Gasteiger partial charge in [0.05, 0.1) is 5.69 Å². The minimum absolute atomic E-state index is 0. The summed E-state index contributed by atoms with van der Waals surface area (Å²) in [6.07, 6.45) is 5.99. The zero-order valence-electron chi connectivity index (χ0n) is 15.4. The standard InChI is InChI=1S/C21H20FN2OS.ClH/c1-4-24-17-13-15(22)9-11-19(17)26-21(24)7-5-6-20-23(3)16-12-14(2)8-10-18(16)25-20;/h5-13H,4H2,1-3H3;1H/q+1;/p-1. The first kappa shape index (κ1) is 19.4. The molecule has 0 saturated heterocycles. The Kier molecular flexibility index (Phi) is 5.53. The van der Waals surface area contributed by atoms with E-state index in [9.17, 15) is 4.39 Å². The Balaban J connectivity index is 0.00000210. The van der Waals surface area contributed by atoms with Crippen molar-refractivity contribution in [1.82, 2.24) is 0 Å². The van der Waals surface area contributed by atoms with E-state index in [1.165, 1.54) is 11.6 Å². The number of allylic oxidation sites excluding steroid dienone is 2. The lowest BCUT2D eigenvalue weighted by atomic mass is 10.2. The van der Waals surface area contributed by atoms with E-state index in [0.717, 1.165) is 39.1 Å². The molecule has 1 aliphatic rings. The van der Waals surface area contributed by atoms with Gasteiger partial charge in [0.1, 0.15) is 17.1 Å². The molecule has 1 aliphatic heterocycles. The summed E-state index contributed by atoms with van der Waals surface area (Å²) in [4.78, 5) is 2.04. The Labute approximate surface area is 168 Å². The molecule has 0 unspecified atom stereocenters. The zero-order chi connectivity index (χ0) is 18.3. The summed E-state index contributed by atoms with van der Waals surface area (Å²) in [6, 6.07) is 11.1. The maximum Gasteiger partial charge on any atom is 0.262 e. The molecule has 0 bridgehead atoms. The molecule has 0 atom stereocenters. The zero-order valence-corrected chi connectivity index (χ0v) is 16.9. The lowest BCUT2D eigenvalue weighted by Gasteiger charge is -2.10. The first-order chi connectivity index (χ1) is 12.6. The van der Waals surface area contributed by atoms with E-state index in [1.54, 1.807) is 17.4 Å². The van der Waals surface area contributed by atoms with Crippen LogP contribution in [-0.2, 0) is 6.54 Å². The monoisotopic (exact) mass is 402 g/mol. The summed E-state index contributed by atoms with van der Waals surface area (Å²) in [5, 5.41) is 1.08. The molecule has 27 heavy (non-hydrogen) atoms. The fraction of sp³-hybridized carbons (Fsp3) is 0.190. The molecule has 0 N–H and O–H groups in total.